The zero-order chi connectivity index (χ0) is 27.9. The molecule has 0 heterocycles. The first-order chi connectivity index (χ1) is 19.0. The van der Waals surface area contributed by atoms with Crippen LogP contribution in [0.25, 0.3) is 0 Å². The van der Waals surface area contributed by atoms with Crippen LogP contribution in [-0.2, 0) is 14.3 Å². The smallest absolute Gasteiger partial charge is 0.343 e. The minimum Gasteiger partial charge on any atom is -0.491 e. The molecule has 0 aliphatic carbocycles. The van der Waals surface area contributed by atoms with Gasteiger partial charge in [-0.05, 0) is 72.8 Å². The number of rotatable bonds is 15. The van der Waals surface area contributed by atoms with Crippen molar-refractivity contribution in [2.45, 2.75) is 0 Å². The predicted octanol–water partition coefficient (Wildman–Crippen LogP) is 4.81. The zero-order valence-electron chi connectivity index (χ0n) is 21.2. The second kappa shape index (κ2) is 15.4. The monoisotopic (exact) mass is 532 g/mol. The van der Waals surface area contributed by atoms with Crippen molar-refractivity contribution in [1.82, 2.24) is 0 Å². The third-order valence-corrected chi connectivity index (χ3v) is 4.92. The summed E-state index contributed by atoms with van der Waals surface area (Å²) in [6.45, 7) is 8.39. The SMILES string of the molecule is C=CCOCCOc1ccc(C(=O)Oc2ccc(OC(=O)c3ccc(OCCOC(=O)C=C)cc3)cc2)cc1. The summed E-state index contributed by atoms with van der Waals surface area (Å²) >= 11 is 0. The largest absolute Gasteiger partial charge is 0.491 e. The Morgan fingerprint density at radius 1 is 0.590 bits per heavy atom. The molecule has 9 heteroatoms. The highest BCUT2D eigenvalue weighted by Gasteiger charge is 2.12. The van der Waals surface area contributed by atoms with Gasteiger partial charge in [0.1, 0.15) is 42.8 Å². The van der Waals surface area contributed by atoms with E-state index in [1.807, 2.05) is 0 Å². The Balaban J connectivity index is 1.44. The molecule has 39 heavy (non-hydrogen) atoms. The molecule has 0 N–H and O–H groups in total. The highest BCUT2D eigenvalue weighted by Crippen LogP contribution is 2.21. The third-order valence-electron chi connectivity index (χ3n) is 4.92. The summed E-state index contributed by atoms with van der Waals surface area (Å²) in [5, 5.41) is 0. The van der Waals surface area contributed by atoms with Gasteiger partial charge in [0, 0.05) is 6.08 Å². The molecule has 0 aliphatic rings. The molecule has 3 aromatic carbocycles. The number of esters is 3. The Morgan fingerprint density at radius 3 is 1.46 bits per heavy atom. The number of carbonyl (C=O) groups is 3. The number of hydrogen-bond donors (Lipinski definition) is 0. The van der Waals surface area contributed by atoms with Crippen LogP contribution in [0.5, 0.6) is 23.0 Å². The Hall–Kier alpha value is -4.89. The highest BCUT2D eigenvalue weighted by molar-refractivity contribution is 5.92. The number of carbonyl (C=O) groups excluding carboxylic acids is 3. The molecule has 9 nitrogen and oxygen atoms in total. The second-order valence-electron chi connectivity index (χ2n) is 7.73. The van der Waals surface area contributed by atoms with E-state index in [0.29, 0.717) is 48.2 Å². The summed E-state index contributed by atoms with van der Waals surface area (Å²) in [6.07, 6.45) is 2.73. The first-order valence-corrected chi connectivity index (χ1v) is 12.0. The van der Waals surface area contributed by atoms with Gasteiger partial charge in [-0.2, -0.15) is 0 Å². The van der Waals surface area contributed by atoms with Crippen molar-refractivity contribution in [1.29, 1.82) is 0 Å². The highest BCUT2D eigenvalue weighted by atomic mass is 16.6. The lowest BCUT2D eigenvalue weighted by Crippen LogP contribution is -2.11. The number of benzene rings is 3. The molecule has 0 spiro atoms. The molecule has 0 atom stereocenters. The van der Waals surface area contributed by atoms with Crippen LogP contribution >= 0.6 is 0 Å². The molecular formula is C30H28O9. The van der Waals surface area contributed by atoms with Crippen LogP contribution in [0.4, 0.5) is 0 Å². The van der Waals surface area contributed by atoms with E-state index in [2.05, 4.69) is 13.2 Å². The van der Waals surface area contributed by atoms with Crippen molar-refractivity contribution >= 4 is 17.9 Å². The third kappa shape index (κ3) is 9.83. The van der Waals surface area contributed by atoms with Gasteiger partial charge in [-0.1, -0.05) is 12.7 Å². The first-order valence-electron chi connectivity index (χ1n) is 12.0. The summed E-state index contributed by atoms with van der Waals surface area (Å²) in [5.41, 5.74) is 0.665. The van der Waals surface area contributed by atoms with Crippen LogP contribution in [0.2, 0.25) is 0 Å². The van der Waals surface area contributed by atoms with Gasteiger partial charge in [-0.25, -0.2) is 14.4 Å². The average molecular weight is 533 g/mol. The summed E-state index contributed by atoms with van der Waals surface area (Å²) in [6, 6.07) is 19.0. The fraction of sp³-hybridized carbons (Fsp3) is 0.167. The van der Waals surface area contributed by atoms with Crippen molar-refractivity contribution in [2.75, 3.05) is 33.0 Å². The first kappa shape index (κ1) is 28.7. The Morgan fingerprint density at radius 2 is 1.03 bits per heavy atom. The van der Waals surface area contributed by atoms with Crippen LogP contribution in [0, 0.1) is 0 Å². The standard InChI is InChI=1S/C30H28O9/c1-3-17-34-18-19-35-24-9-5-22(6-10-24)29(32)38-26-13-15-27(16-14-26)39-30(33)23-7-11-25(12-8-23)36-20-21-37-28(31)4-2/h3-16H,1-2,17-21H2. The van der Waals surface area contributed by atoms with E-state index in [0.717, 1.165) is 6.08 Å². The lowest BCUT2D eigenvalue weighted by atomic mass is 10.2. The summed E-state index contributed by atoms with van der Waals surface area (Å²) in [4.78, 5) is 35.9. The number of ether oxygens (including phenoxy) is 6. The van der Waals surface area contributed by atoms with Gasteiger partial charge in [0.2, 0.25) is 0 Å². The minimum absolute atomic E-state index is 0.0777. The minimum atomic E-state index is -0.569. The van der Waals surface area contributed by atoms with Crippen molar-refractivity contribution < 1.29 is 42.8 Å². The zero-order valence-corrected chi connectivity index (χ0v) is 21.2. The van der Waals surface area contributed by atoms with E-state index in [9.17, 15) is 14.4 Å². The van der Waals surface area contributed by atoms with Gasteiger partial charge in [0.25, 0.3) is 0 Å². The van der Waals surface area contributed by atoms with Gasteiger partial charge in [-0.3, -0.25) is 0 Å². The second-order valence-corrected chi connectivity index (χ2v) is 7.73. The fourth-order valence-corrected chi connectivity index (χ4v) is 3.03. The fourth-order valence-electron chi connectivity index (χ4n) is 3.03. The predicted molar refractivity (Wildman–Crippen MR) is 142 cm³/mol. The lowest BCUT2D eigenvalue weighted by molar-refractivity contribution is -0.138. The molecule has 0 saturated carbocycles. The van der Waals surface area contributed by atoms with Crippen LogP contribution in [-0.4, -0.2) is 50.9 Å². The Bertz CT molecular complexity index is 1250. The summed E-state index contributed by atoms with van der Waals surface area (Å²) in [7, 11) is 0. The maximum absolute atomic E-state index is 12.4. The molecule has 202 valence electrons. The quantitative estimate of drug-likeness (QED) is 0.0896. The molecule has 0 aliphatic heterocycles. The van der Waals surface area contributed by atoms with E-state index in [1.165, 1.54) is 24.3 Å². The molecule has 3 rings (SSSR count). The van der Waals surface area contributed by atoms with Crippen LogP contribution in [0.1, 0.15) is 20.7 Å². The molecule has 3 aromatic rings. The maximum Gasteiger partial charge on any atom is 0.343 e. The molecular weight excluding hydrogens is 504 g/mol. The van der Waals surface area contributed by atoms with Crippen LogP contribution in [0.3, 0.4) is 0 Å². The molecule has 0 radical (unpaired) electrons. The van der Waals surface area contributed by atoms with E-state index in [-0.39, 0.29) is 19.0 Å². The molecule has 0 amide bonds. The van der Waals surface area contributed by atoms with Crippen molar-refractivity contribution in [3.05, 3.63) is 109 Å². The summed E-state index contributed by atoms with van der Waals surface area (Å²) in [5.74, 6) is 0.0447. The normalized spacial score (nSPS) is 10.2. The van der Waals surface area contributed by atoms with Gasteiger partial charge < -0.3 is 28.4 Å². The lowest BCUT2D eigenvalue weighted by Gasteiger charge is -2.09. The van der Waals surface area contributed by atoms with Gasteiger partial charge in [-0.15, -0.1) is 6.58 Å². The van der Waals surface area contributed by atoms with Crippen molar-refractivity contribution in [3.8, 4) is 23.0 Å². The van der Waals surface area contributed by atoms with Crippen LogP contribution < -0.4 is 18.9 Å². The van der Waals surface area contributed by atoms with Crippen molar-refractivity contribution in [2.24, 2.45) is 0 Å². The van der Waals surface area contributed by atoms with E-state index in [4.69, 9.17) is 28.4 Å². The Labute approximate surface area is 226 Å². The molecule has 0 fully saturated rings. The van der Waals surface area contributed by atoms with Gasteiger partial charge in [0.05, 0.1) is 24.3 Å². The molecule has 0 bridgehead atoms. The van der Waals surface area contributed by atoms with Gasteiger partial charge in [0.15, 0.2) is 0 Å². The van der Waals surface area contributed by atoms with E-state index in [1.54, 1.807) is 54.6 Å². The maximum atomic E-state index is 12.4. The molecule has 0 saturated heterocycles. The number of hydrogen-bond acceptors (Lipinski definition) is 9. The molecule has 0 aromatic heterocycles. The molecule has 0 unspecified atom stereocenters. The average Bonchev–Trinajstić information content (AvgIpc) is 2.96. The van der Waals surface area contributed by atoms with Crippen LogP contribution in [0.15, 0.2) is 98.1 Å². The topological polar surface area (TPSA) is 107 Å². The van der Waals surface area contributed by atoms with E-state index >= 15 is 0 Å². The van der Waals surface area contributed by atoms with Gasteiger partial charge >= 0.3 is 17.9 Å². The Kier molecular flexibility index (Phi) is 11.3. The van der Waals surface area contributed by atoms with E-state index < -0.39 is 17.9 Å². The summed E-state index contributed by atoms with van der Waals surface area (Å²) < 4.78 is 31.8. The van der Waals surface area contributed by atoms with Crippen molar-refractivity contribution in [3.63, 3.8) is 0 Å².